The van der Waals surface area contributed by atoms with Crippen LogP contribution in [0.3, 0.4) is 0 Å². The van der Waals surface area contributed by atoms with Crippen LogP contribution in [0.1, 0.15) is 37.3 Å². The highest BCUT2D eigenvalue weighted by atomic mass is 35.5. The molecule has 2 saturated heterocycles. The lowest BCUT2D eigenvalue weighted by molar-refractivity contribution is -0.139. The van der Waals surface area contributed by atoms with Gasteiger partial charge in [0.1, 0.15) is 0 Å². The molecule has 0 spiro atoms. The van der Waals surface area contributed by atoms with Gasteiger partial charge in [0, 0.05) is 44.7 Å². The molecule has 0 saturated carbocycles. The number of carbonyl (C=O) groups is 1. The number of aryl methyl sites for hydroxylation is 2. The van der Waals surface area contributed by atoms with Crippen molar-refractivity contribution in [2.75, 3.05) is 32.7 Å². The zero-order valence-electron chi connectivity index (χ0n) is 16.4. The van der Waals surface area contributed by atoms with Gasteiger partial charge in [0.15, 0.2) is 0 Å². The first-order valence-corrected chi connectivity index (χ1v) is 11.5. The molecule has 1 aliphatic carbocycles. The van der Waals surface area contributed by atoms with E-state index in [0.717, 1.165) is 38.9 Å². The summed E-state index contributed by atoms with van der Waals surface area (Å²) in [7, 11) is -3.47. The minimum Gasteiger partial charge on any atom is -0.337 e. The van der Waals surface area contributed by atoms with Crippen molar-refractivity contribution in [3.8, 4) is 0 Å². The molecule has 8 heteroatoms. The zero-order chi connectivity index (χ0) is 19.0. The predicted octanol–water partition coefficient (Wildman–Crippen LogP) is 1.82. The number of piperidine rings is 1. The number of halogens is 1. The molecule has 1 N–H and O–H groups in total. The fraction of sp³-hybridized carbons (Fsp3) is 0.650. The number of rotatable bonds is 3. The van der Waals surface area contributed by atoms with Crippen molar-refractivity contribution in [2.24, 2.45) is 5.92 Å². The monoisotopic (exact) mass is 427 g/mol. The Hall–Kier alpha value is -1.15. The summed E-state index contributed by atoms with van der Waals surface area (Å²) in [4.78, 5) is 15.2. The van der Waals surface area contributed by atoms with E-state index >= 15 is 0 Å². The first-order valence-electron chi connectivity index (χ1n) is 10.1. The maximum Gasteiger partial charge on any atom is 0.243 e. The van der Waals surface area contributed by atoms with Crippen LogP contribution in [0.5, 0.6) is 0 Å². The molecule has 0 radical (unpaired) electrons. The molecule has 2 aliphatic heterocycles. The maximum atomic E-state index is 13.0. The van der Waals surface area contributed by atoms with E-state index < -0.39 is 10.0 Å². The Bertz CT molecular complexity index is 822. The molecule has 0 aromatic heterocycles. The van der Waals surface area contributed by atoms with Crippen molar-refractivity contribution in [2.45, 2.75) is 50.0 Å². The summed E-state index contributed by atoms with van der Waals surface area (Å²) >= 11 is 0. The molecular formula is C20H30ClN3O3S. The summed E-state index contributed by atoms with van der Waals surface area (Å²) in [5.41, 5.74) is 2.46. The number of piperazine rings is 1. The van der Waals surface area contributed by atoms with Gasteiger partial charge >= 0.3 is 0 Å². The molecule has 2 fully saturated rings. The van der Waals surface area contributed by atoms with Gasteiger partial charge in [-0.2, -0.15) is 4.31 Å². The number of hydrogen-bond donors (Lipinski definition) is 1. The quantitative estimate of drug-likeness (QED) is 0.798. The third-order valence-electron chi connectivity index (χ3n) is 6.30. The molecule has 2 heterocycles. The first-order chi connectivity index (χ1) is 13.0. The van der Waals surface area contributed by atoms with Crippen molar-refractivity contribution in [3.05, 3.63) is 29.3 Å². The SMILES string of the molecule is C[C@H]1CNCCN1C(=O)C1CCN(S(=O)(=O)c2ccc3c(c2)CCC3)CC1.Cl. The van der Waals surface area contributed by atoms with E-state index in [1.807, 2.05) is 17.0 Å². The summed E-state index contributed by atoms with van der Waals surface area (Å²) < 4.78 is 27.6. The van der Waals surface area contributed by atoms with E-state index in [0.29, 0.717) is 30.8 Å². The third kappa shape index (κ3) is 4.08. The van der Waals surface area contributed by atoms with Gasteiger partial charge in [-0.25, -0.2) is 8.42 Å². The van der Waals surface area contributed by atoms with Crippen LogP contribution < -0.4 is 5.32 Å². The number of nitrogens with zero attached hydrogens (tertiary/aromatic N) is 2. The fourth-order valence-corrected chi connectivity index (χ4v) is 6.12. The molecule has 28 heavy (non-hydrogen) atoms. The van der Waals surface area contributed by atoms with Gasteiger partial charge in [0.05, 0.1) is 4.90 Å². The Morgan fingerprint density at radius 3 is 2.54 bits per heavy atom. The topological polar surface area (TPSA) is 69.7 Å². The zero-order valence-corrected chi connectivity index (χ0v) is 18.0. The van der Waals surface area contributed by atoms with E-state index in [1.165, 1.54) is 11.1 Å². The highest BCUT2D eigenvalue weighted by molar-refractivity contribution is 7.89. The standard InChI is InChI=1S/C20H29N3O3S.ClH/c1-15-14-21-9-12-23(15)20(24)17-7-10-22(11-8-17)27(25,26)19-6-5-16-3-2-4-18(16)13-19;/h5-6,13,15,17,21H,2-4,7-12,14H2,1H3;1H/t15-;/m0./s1. The fourth-order valence-electron chi connectivity index (χ4n) is 4.60. The maximum absolute atomic E-state index is 13.0. The van der Waals surface area contributed by atoms with Gasteiger partial charge in [-0.05, 0) is 62.3 Å². The van der Waals surface area contributed by atoms with Crippen molar-refractivity contribution >= 4 is 28.3 Å². The highest BCUT2D eigenvalue weighted by Crippen LogP contribution is 2.29. The number of hydrogen-bond acceptors (Lipinski definition) is 4. The number of carbonyl (C=O) groups excluding carboxylic acids is 1. The Kier molecular flexibility index (Phi) is 6.69. The second kappa shape index (κ2) is 8.69. The molecule has 1 aromatic carbocycles. The molecule has 156 valence electrons. The minimum atomic E-state index is -3.47. The van der Waals surface area contributed by atoms with Crippen LogP contribution in [0.4, 0.5) is 0 Å². The molecule has 3 aliphatic rings. The van der Waals surface area contributed by atoms with Crippen LogP contribution in [-0.2, 0) is 27.7 Å². The Morgan fingerprint density at radius 2 is 1.82 bits per heavy atom. The van der Waals surface area contributed by atoms with Gasteiger partial charge in [0.25, 0.3) is 0 Å². The summed E-state index contributed by atoms with van der Waals surface area (Å²) in [6.07, 6.45) is 4.35. The molecular weight excluding hydrogens is 398 g/mol. The molecule has 0 unspecified atom stereocenters. The first kappa shape index (κ1) is 21.6. The van der Waals surface area contributed by atoms with Crippen LogP contribution in [0.25, 0.3) is 0 Å². The molecule has 1 aromatic rings. The van der Waals surface area contributed by atoms with Crippen molar-refractivity contribution in [1.82, 2.24) is 14.5 Å². The van der Waals surface area contributed by atoms with E-state index in [-0.39, 0.29) is 30.3 Å². The lowest BCUT2D eigenvalue weighted by atomic mass is 9.95. The normalized spacial score (nSPS) is 23.9. The second-order valence-corrected chi connectivity index (χ2v) is 9.99. The van der Waals surface area contributed by atoms with Crippen LogP contribution in [0.15, 0.2) is 23.1 Å². The minimum absolute atomic E-state index is 0. The lowest BCUT2D eigenvalue weighted by Crippen LogP contribution is -2.55. The highest BCUT2D eigenvalue weighted by Gasteiger charge is 2.35. The van der Waals surface area contributed by atoms with Crippen molar-refractivity contribution < 1.29 is 13.2 Å². The number of benzene rings is 1. The smallest absolute Gasteiger partial charge is 0.243 e. The largest absolute Gasteiger partial charge is 0.337 e. The average Bonchev–Trinajstić information content (AvgIpc) is 3.16. The Morgan fingerprint density at radius 1 is 1.11 bits per heavy atom. The van der Waals surface area contributed by atoms with Gasteiger partial charge in [-0.3, -0.25) is 4.79 Å². The van der Waals surface area contributed by atoms with Crippen LogP contribution in [0.2, 0.25) is 0 Å². The molecule has 0 bridgehead atoms. The van der Waals surface area contributed by atoms with Crippen molar-refractivity contribution in [3.63, 3.8) is 0 Å². The van der Waals surface area contributed by atoms with E-state index in [9.17, 15) is 13.2 Å². The van der Waals surface area contributed by atoms with E-state index in [2.05, 4.69) is 12.2 Å². The van der Waals surface area contributed by atoms with Gasteiger partial charge < -0.3 is 10.2 Å². The second-order valence-electron chi connectivity index (χ2n) is 8.05. The van der Waals surface area contributed by atoms with Crippen LogP contribution in [-0.4, -0.2) is 62.3 Å². The van der Waals surface area contributed by atoms with Gasteiger partial charge in [0.2, 0.25) is 15.9 Å². The summed E-state index contributed by atoms with van der Waals surface area (Å²) in [6.45, 7) is 5.33. The van der Waals surface area contributed by atoms with E-state index in [1.54, 1.807) is 10.4 Å². The predicted molar refractivity (Wildman–Crippen MR) is 111 cm³/mol. The molecule has 6 nitrogen and oxygen atoms in total. The van der Waals surface area contributed by atoms with Crippen LogP contribution in [0, 0.1) is 5.92 Å². The van der Waals surface area contributed by atoms with Gasteiger partial charge in [-0.1, -0.05) is 6.07 Å². The molecule has 1 amide bonds. The summed E-state index contributed by atoms with van der Waals surface area (Å²) in [6, 6.07) is 5.78. The lowest BCUT2D eigenvalue weighted by Gasteiger charge is -2.38. The summed E-state index contributed by atoms with van der Waals surface area (Å²) in [5.74, 6) is 0.135. The van der Waals surface area contributed by atoms with E-state index in [4.69, 9.17) is 0 Å². The number of fused-ring (bicyclic) bond motifs is 1. The van der Waals surface area contributed by atoms with Crippen molar-refractivity contribution in [1.29, 1.82) is 0 Å². The Balaban J connectivity index is 0.00000225. The molecule has 4 rings (SSSR count). The number of nitrogens with one attached hydrogen (secondary N) is 1. The molecule has 1 atom stereocenters. The van der Waals surface area contributed by atoms with Crippen LogP contribution >= 0.6 is 12.4 Å². The number of amides is 1. The average molecular weight is 428 g/mol. The third-order valence-corrected chi connectivity index (χ3v) is 8.19. The van der Waals surface area contributed by atoms with Gasteiger partial charge in [-0.15, -0.1) is 12.4 Å². The Labute approximate surface area is 174 Å². The number of sulfonamides is 1. The summed E-state index contributed by atoms with van der Waals surface area (Å²) in [5, 5.41) is 3.30.